The van der Waals surface area contributed by atoms with Crippen LogP contribution in [0.2, 0.25) is 0 Å². The zero-order valence-corrected chi connectivity index (χ0v) is 13.6. The molecular formula is C15H27N5O. The molecule has 0 spiro atoms. The lowest BCUT2D eigenvalue weighted by Gasteiger charge is -2.47. The fourth-order valence-electron chi connectivity index (χ4n) is 2.60. The second kappa shape index (κ2) is 7.04. The highest BCUT2D eigenvalue weighted by atomic mass is 16.5. The highest BCUT2D eigenvalue weighted by Gasteiger charge is 2.38. The minimum Gasteiger partial charge on any atom is -0.374 e. The van der Waals surface area contributed by atoms with Gasteiger partial charge in [-0.25, -0.2) is 9.97 Å². The molecule has 0 saturated heterocycles. The molecule has 21 heavy (non-hydrogen) atoms. The van der Waals surface area contributed by atoms with E-state index in [1.807, 2.05) is 20.0 Å². The number of ether oxygens (including phenoxy) is 1. The van der Waals surface area contributed by atoms with Crippen molar-refractivity contribution in [1.82, 2.24) is 14.9 Å². The summed E-state index contributed by atoms with van der Waals surface area (Å²) in [5.41, 5.74) is 0.269. The van der Waals surface area contributed by atoms with Crippen LogP contribution in [-0.4, -0.2) is 54.7 Å². The maximum atomic E-state index is 5.40. The summed E-state index contributed by atoms with van der Waals surface area (Å²) in [6.45, 7) is 3.99. The van der Waals surface area contributed by atoms with Gasteiger partial charge in [0.05, 0.1) is 0 Å². The number of likely N-dealkylation sites (N-methyl/N-ethyl adjacent to an activating group) is 1. The number of hydrogen-bond acceptors (Lipinski definition) is 6. The fourth-order valence-corrected chi connectivity index (χ4v) is 2.60. The van der Waals surface area contributed by atoms with Crippen molar-refractivity contribution in [3.05, 3.63) is 11.9 Å². The molecule has 6 heteroatoms. The van der Waals surface area contributed by atoms with E-state index < -0.39 is 0 Å². The summed E-state index contributed by atoms with van der Waals surface area (Å²) in [7, 11) is 6.17. The average molecular weight is 293 g/mol. The Morgan fingerprint density at radius 1 is 1.29 bits per heavy atom. The maximum absolute atomic E-state index is 5.40. The smallest absolute Gasteiger partial charge is 0.158 e. The summed E-state index contributed by atoms with van der Waals surface area (Å²) < 4.78 is 5.40. The Hall–Kier alpha value is -1.40. The largest absolute Gasteiger partial charge is 0.374 e. The number of anilines is 2. The van der Waals surface area contributed by atoms with Gasteiger partial charge in [0.1, 0.15) is 18.2 Å². The second-order valence-electron chi connectivity index (χ2n) is 5.77. The van der Waals surface area contributed by atoms with Gasteiger partial charge in [0.15, 0.2) is 5.82 Å². The first-order valence-electron chi connectivity index (χ1n) is 7.64. The topological polar surface area (TPSA) is 62.3 Å². The Kier molecular flexibility index (Phi) is 5.36. The molecular weight excluding hydrogens is 266 g/mol. The van der Waals surface area contributed by atoms with Crippen molar-refractivity contribution < 1.29 is 4.74 Å². The van der Waals surface area contributed by atoms with E-state index in [0.29, 0.717) is 19.0 Å². The molecule has 0 amide bonds. The lowest BCUT2D eigenvalue weighted by Crippen LogP contribution is -2.54. The van der Waals surface area contributed by atoms with Gasteiger partial charge in [-0.1, -0.05) is 0 Å². The van der Waals surface area contributed by atoms with Gasteiger partial charge >= 0.3 is 0 Å². The third kappa shape index (κ3) is 3.83. The van der Waals surface area contributed by atoms with E-state index in [2.05, 4.69) is 39.6 Å². The summed E-state index contributed by atoms with van der Waals surface area (Å²) >= 11 is 0. The van der Waals surface area contributed by atoms with E-state index in [1.165, 1.54) is 19.3 Å². The van der Waals surface area contributed by atoms with Gasteiger partial charge in [0.2, 0.25) is 0 Å². The zero-order valence-electron chi connectivity index (χ0n) is 13.6. The Morgan fingerprint density at radius 3 is 2.52 bits per heavy atom. The maximum Gasteiger partial charge on any atom is 0.158 e. The third-order valence-electron chi connectivity index (χ3n) is 4.30. The van der Waals surface area contributed by atoms with Crippen molar-refractivity contribution in [2.75, 3.05) is 44.9 Å². The molecule has 0 radical (unpaired) electrons. The van der Waals surface area contributed by atoms with Crippen LogP contribution in [0.25, 0.3) is 0 Å². The predicted octanol–water partition coefficient (Wildman–Crippen LogP) is 1.95. The molecule has 1 saturated carbocycles. The number of hydrogen-bond donors (Lipinski definition) is 2. The van der Waals surface area contributed by atoms with Crippen molar-refractivity contribution in [2.24, 2.45) is 0 Å². The molecule has 2 N–H and O–H groups in total. The molecule has 1 aliphatic carbocycles. The van der Waals surface area contributed by atoms with Crippen molar-refractivity contribution in [2.45, 2.75) is 38.3 Å². The van der Waals surface area contributed by atoms with Crippen LogP contribution in [0.4, 0.5) is 11.6 Å². The fraction of sp³-hybridized carbons (Fsp3) is 0.733. The molecule has 1 aliphatic rings. The normalized spacial score (nSPS) is 16.6. The lowest BCUT2D eigenvalue weighted by atomic mass is 9.75. The summed E-state index contributed by atoms with van der Waals surface area (Å²) in [4.78, 5) is 11.3. The quantitative estimate of drug-likeness (QED) is 0.764. The average Bonchev–Trinajstić information content (AvgIpc) is 2.43. The van der Waals surface area contributed by atoms with Crippen LogP contribution in [0.5, 0.6) is 0 Å². The van der Waals surface area contributed by atoms with E-state index in [1.54, 1.807) is 0 Å². The molecule has 6 nitrogen and oxygen atoms in total. The molecule has 0 bridgehead atoms. The predicted molar refractivity (Wildman–Crippen MR) is 85.7 cm³/mol. The Morgan fingerprint density at radius 2 is 2.00 bits per heavy atom. The van der Waals surface area contributed by atoms with Gasteiger partial charge in [-0.05, 0) is 40.3 Å². The first-order chi connectivity index (χ1) is 10.1. The van der Waals surface area contributed by atoms with Gasteiger partial charge in [0.25, 0.3) is 0 Å². The third-order valence-corrected chi connectivity index (χ3v) is 4.30. The Labute approximate surface area is 127 Å². The first kappa shape index (κ1) is 16.0. The molecule has 1 aromatic rings. The summed E-state index contributed by atoms with van der Waals surface area (Å²) in [5.74, 6) is 2.38. The van der Waals surface area contributed by atoms with E-state index in [0.717, 1.165) is 18.2 Å². The van der Waals surface area contributed by atoms with Crippen molar-refractivity contribution in [3.63, 3.8) is 0 Å². The minimum atomic E-state index is 0.269. The van der Waals surface area contributed by atoms with Gasteiger partial charge in [0, 0.05) is 31.8 Å². The zero-order chi connectivity index (χ0) is 15.3. The molecule has 0 unspecified atom stereocenters. The summed E-state index contributed by atoms with van der Waals surface area (Å²) in [6, 6.07) is 1.94. The van der Waals surface area contributed by atoms with Gasteiger partial charge < -0.3 is 20.3 Å². The van der Waals surface area contributed by atoms with Gasteiger partial charge in [-0.3, -0.25) is 0 Å². The van der Waals surface area contributed by atoms with E-state index in [-0.39, 0.29) is 5.54 Å². The highest BCUT2D eigenvalue weighted by molar-refractivity contribution is 5.47. The van der Waals surface area contributed by atoms with Crippen LogP contribution in [-0.2, 0) is 11.3 Å². The Balaban J connectivity index is 2.04. The van der Waals surface area contributed by atoms with Crippen LogP contribution < -0.4 is 10.6 Å². The standard InChI is InChI=1S/C15H27N5O/c1-5-21-10-14-18-12(16-2)9-13(19-14)17-11-15(20(3)4)7-6-8-15/h9H,5-8,10-11H2,1-4H3,(H2,16,17,18,19). The Bertz CT molecular complexity index is 459. The van der Waals surface area contributed by atoms with Crippen LogP contribution >= 0.6 is 0 Å². The molecule has 0 atom stereocenters. The number of aromatic nitrogens is 2. The van der Waals surface area contributed by atoms with Crippen molar-refractivity contribution in [1.29, 1.82) is 0 Å². The van der Waals surface area contributed by atoms with E-state index in [4.69, 9.17) is 4.74 Å². The summed E-state index contributed by atoms with van der Waals surface area (Å²) in [6.07, 6.45) is 3.78. The minimum absolute atomic E-state index is 0.269. The molecule has 0 aromatic carbocycles. The van der Waals surface area contributed by atoms with Crippen molar-refractivity contribution >= 4 is 11.6 Å². The lowest BCUT2D eigenvalue weighted by molar-refractivity contribution is 0.0738. The second-order valence-corrected chi connectivity index (χ2v) is 5.77. The molecule has 2 rings (SSSR count). The number of rotatable bonds is 8. The SMILES string of the molecule is CCOCc1nc(NC)cc(NCC2(N(C)C)CCC2)n1. The molecule has 1 aromatic heterocycles. The van der Waals surface area contributed by atoms with Crippen LogP contribution in [0.15, 0.2) is 6.07 Å². The van der Waals surface area contributed by atoms with Crippen LogP contribution in [0, 0.1) is 0 Å². The number of nitrogens with one attached hydrogen (secondary N) is 2. The first-order valence-corrected chi connectivity index (χ1v) is 7.64. The van der Waals surface area contributed by atoms with Crippen LogP contribution in [0.3, 0.4) is 0 Å². The highest BCUT2D eigenvalue weighted by Crippen LogP contribution is 2.36. The summed E-state index contributed by atoms with van der Waals surface area (Å²) in [5, 5.41) is 6.55. The van der Waals surface area contributed by atoms with E-state index in [9.17, 15) is 0 Å². The molecule has 118 valence electrons. The number of nitrogens with zero attached hydrogens (tertiary/aromatic N) is 3. The molecule has 1 heterocycles. The van der Waals surface area contributed by atoms with Gasteiger partial charge in [-0.2, -0.15) is 0 Å². The van der Waals surface area contributed by atoms with Crippen molar-refractivity contribution in [3.8, 4) is 0 Å². The van der Waals surface area contributed by atoms with Gasteiger partial charge in [-0.15, -0.1) is 0 Å². The monoisotopic (exact) mass is 293 g/mol. The molecule has 0 aliphatic heterocycles. The molecule has 1 fully saturated rings. The van der Waals surface area contributed by atoms with E-state index >= 15 is 0 Å². The van der Waals surface area contributed by atoms with Crippen LogP contribution in [0.1, 0.15) is 32.0 Å².